The van der Waals surface area contributed by atoms with E-state index in [0.29, 0.717) is 0 Å². The van der Waals surface area contributed by atoms with Crippen LogP contribution in [0, 0.1) is 13.8 Å². The minimum Gasteiger partial charge on any atom is -0.496 e. The Morgan fingerprint density at radius 2 is 1.63 bits per heavy atom. The molecule has 1 N–H and O–H groups in total. The molecule has 0 saturated heterocycles. The molecule has 1 heterocycles. The Kier molecular flexibility index (Phi) is 2.96. The van der Waals surface area contributed by atoms with Gasteiger partial charge in [0.05, 0.1) is 13.7 Å². The molecule has 3 rings (SSSR count). The van der Waals surface area contributed by atoms with E-state index in [9.17, 15) is 5.11 Å². The van der Waals surface area contributed by atoms with Crippen molar-refractivity contribution in [3.8, 4) is 5.75 Å². The molecular weight excluding hydrogens is 256 g/mol. The maximum absolute atomic E-state index is 9.37. The number of aliphatic hydroxyl groups excluding tert-OH is 1. The number of thiophene rings is 1. The summed E-state index contributed by atoms with van der Waals surface area (Å²) in [6.07, 6.45) is 0. The summed E-state index contributed by atoms with van der Waals surface area (Å²) in [4.78, 5) is 0. The third kappa shape index (κ3) is 1.73. The summed E-state index contributed by atoms with van der Waals surface area (Å²) in [5.41, 5.74) is 3.37. The van der Waals surface area contributed by atoms with Crippen LogP contribution < -0.4 is 4.74 Å². The zero-order chi connectivity index (χ0) is 13.6. The highest BCUT2D eigenvalue weighted by Crippen LogP contribution is 2.40. The minimum absolute atomic E-state index is 0.0956. The van der Waals surface area contributed by atoms with Crippen molar-refractivity contribution in [2.45, 2.75) is 20.5 Å². The number of rotatable bonds is 2. The van der Waals surface area contributed by atoms with Crippen molar-refractivity contribution in [3.05, 3.63) is 41.0 Å². The van der Waals surface area contributed by atoms with Gasteiger partial charge in [0.1, 0.15) is 5.75 Å². The van der Waals surface area contributed by atoms with Gasteiger partial charge in [-0.25, -0.2) is 0 Å². The van der Waals surface area contributed by atoms with Gasteiger partial charge in [-0.15, -0.1) is 11.3 Å². The minimum atomic E-state index is 0.0956. The van der Waals surface area contributed by atoms with E-state index in [2.05, 4.69) is 26.0 Å². The first-order valence-corrected chi connectivity index (χ1v) is 7.08. The molecule has 19 heavy (non-hydrogen) atoms. The largest absolute Gasteiger partial charge is 0.496 e. The van der Waals surface area contributed by atoms with Gasteiger partial charge in [-0.2, -0.15) is 0 Å². The van der Waals surface area contributed by atoms with Crippen LogP contribution in [0.1, 0.15) is 16.7 Å². The van der Waals surface area contributed by atoms with Crippen LogP contribution in [-0.2, 0) is 6.61 Å². The lowest BCUT2D eigenvalue weighted by molar-refractivity contribution is 0.281. The number of hydrogen-bond donors (Lipinski definition) is 1. The molecule has 3 heteroatoms. The van der Waals surface area contributed by atoms with Crippen molar-refractivity contribution in [2.75, 3.05) is 7.11 Å². The van der Waals surface area contributed by atoms with Gasteiger partial charge in [0.25, 0.3) is 0 Å². The topological polar surface area (TPSA) is 29.5 Å². The third-order valence-electron chi connectivity index (χ3n) is 3.76. The fourth-order valence-corrected chi connectivity index (χ4v) is 3.91. The molecule has 0 aliphatic carbocycles. The van der Waals surface area contributed by atoms with Crippen LogP contribution in [0.3, 0.4) is 0 Å². The van der Waals surface area contributed by atoms with Gasteiger partial charge in [0.15, 0.2) is 0 Å². The molecular formula is C16H16O2S. The van der Waals surface area contributed by atoms with Crippen LogP contribution in [0.5, 0.6) is 5.75 Å². The lowest BCUT2D eigenvalue weighted by Crippen LogP contribution is -1.87. The SMILES string of the molecule is COc1ccc2c(sc3c(C)c(CO)ccc32)c1C. The number of hydrogen-bond acceptors (Lipinski definition) is 3. The zero-order valence-corrected chi connectivity index (χ0v) is 12.1. The summed E-state index contributed by atoms with van der Waals surface area (Å²) in [6, 6.07) is 8.28. The average molecular weight is 272 g/mol. The van der Waals surface area contributed by atoms with Crippen molar-refractivity contribution in [1.82, 2.24) is 0 Å². The highest BCUT2D eigenvalue weighted by molar-refractivity contribution is 7.26. The van der Waals surface area contributed by atoms with E-state index < -0.39 is 0 Å². The standard InChI is InChI=1S/C16H16O2S/c1-9-11(8-17)4-5-12-13-6-7-14(18-3)10(2)16(13)19-15(9)12/h4-7,17H,8H2,1-3H3. The molecule has 0 atom stereocenters. The van der Waals surface area contributed by atoms with Crippen LogP contribution in [0.25, 0.3) is 20.2 Å². The molecule has 0 spiro atoms. The lowest BCUT2D eigenvalue weighted by Gasteiger charge is -2.04. The molecule has 0 aliphatic rings. The molecule has 1 aromatic heterocycles. The van der Waals surface area contributed by atoms with Gasteiger partial charge < -0.3 is 9.84 Å². The second-order valence-electron chi connectivity index (χ2n) is 4.76. The van der Waals surface area contributed by atoms with Crippen molar-refractivity contribution in [3.63, 3.8) is 0 Å². The van der Waals surface area contributed by atoms with Crippen molar-refractivity contribution >= 4 is 31.5 Å². The number of fused-ring (bicyclic) bond motifs is 3. The first kappa shape index (κ1) is 12.5. The maximum Gasteiger partial charge on any atom is 0.123 e. The Labute approximate surface area is 116 Å². The monoisotopic (exact) mass is 272 g/mol. The molecule has 0 unspecified atom stereocenters. The van der Waals surface area contributed by atoms with Gasteiger partial charge in [-0.3, -0.25) is 0 Å². The molecule has 0 bridgehead atoms. The Hall–Kier alpha value is -1.58. The van der Waals surface area contributed by atoms with Crippen molar-refractivity contribution in [2.24, 2.45) is 0 Å². The van der Waals surface area contributed by atoms with Crippen LogP contribution in [0.15, 0.2) is 24.3 Å². The average Bonchev–Trinajstić information content (AvgIpc) is 2.80. The Bertz CT molecular complexity index is 707. The van der Waals surface area contributed by atoms with Crippen LogP contribution in [0.2, 0.25) is 0 Å². The second kappa shape index (κ2) is 4.51. The van der Waals surface area contributed by atoms with E-state index in [1.54, 1.807) is 18.4 Å². The fraction of sp³-hybridized carbons (Fsp3) is 0.250. The summed E-state index contributed by atoms with van der Waals surface area (Å²) < 4.78 is 7.92. The van der Waals surface area contributed by atoms with Crippen LogP contribution >= 0.6 is 11.3 Å². The van der Waals surface area contributed by atoms with Crippen LogP contribution in [0.4, 0.5) is 0 Å². The van der Waals surface area contributed by atoms with E-state index in [1.165, 1.54) is 31.3 Å². The Morgan fingerprint density at radius 3 is 2.26 bits per heavy atom. The van der Waals surface area contributed by atoms with E-state index in [0.717, 1.165) is 11.3 Å². The molecule has 0 aliphatic heterocycles. The van der Waals surface area contributed by atoms with Gasteiger partial charge >= 0.3 is 0 Å². The third-order valence-corrected chi connectivity index (χ3v) is 5.22. The summed E-state index contributed by atoms with van der Waals surface area (Å²) in [6.45, 7) is 4.27. The summed E-state index contributed by atoms with van der Waals surface area (Å²) >= 11 is 1.78. The van der Waals surface area contributed by atoms with Gasteiger partial charge in [-0.1, -0.05) is 12.1 Å². The summed E-state index contributed by atoms with van der Waals surface area (Å²) in [5, 5.41) is 11.9. The summed E-state index contributed by atoms with van der Waals surface area (Å²) in [7, 11) is 1.70. The normalized spacial score (nSPS) is 11.4. The maximum atomic E-state index is 9.37. The Balaban J connectivity index is 2.44. The summed E-state index contributed by atoms with van der Waals surface area (Å²) in [5.74, 6) is 0.930. The van der Waals surface area contributed by atoms with Crippen molar-refractivity contribution < 1.29 is 9.84 Å². The molecule has 2 nitrogen and oxygen atoms in total. The highest BCUT2D eigenvalue weighted by atomic mass is 32.1. The first-order valence-electron chi connectivity index (χ1n) is 6.26. The fourth-order valence-electron chi connectivity index (χ4n) is 2.59. The number of aryl methyl sites for hydroxylation is 2. The second-order valence-corrected chi connectivity index (χ2v) is 5.78. The predicted molar refractivity (Wildman–Crippen MR) is 81.3 cm³/mol. The lowest BCUT2D eigenvalue weighted by atomic mass is 10.0. The van der Waals surface area contributed by atoms with Crippen molar-refractivity contribution in [1.29, 1.82) is 0 Å². The Morgan fingerprint density at radius 1 is 1.00 bits per heavy atom. The number of ether oxygens (including phenoxy) is 1. The molecule has 98 valence electrons. The van der Waals surface area contributed by atoms with Crippen LogP contribution in [-0.4, -0.2) is 12.2 Å². The van der Waals surface area contributed by atoms with Gasteiger partial charge in [-0.05, 0) is 37.1 Å². The molecule has 0 radical (unpaired) electrons. The molecule has 0 saturated carbocycles. The molecule has 0 amide bonds. The predicted octanol–water partition coefficient (Wildman–Crippen LogP) is 4.17. The highest BCUT2D eigenvalue weighted by Gasteiger charge is 2.13. The smallest absolute Gasteiger partial charge is 0.123 e. The van der Waals surface area contributed by atoms with E-state index in [1.807, 2.05) is 12.1 Å². The van der Waals surface area contributed by atoms with Gasteiger partial charge in [0, 0.05) is 25.7 Å². The molecule has 2 aromatic carbocycles. The molecule has 0 fully saturated rings. The zero-order valence-electron chi connectivity index (χ0n) is 11.3. The van der Waals surface area contributed by atoms with E-state index in [4.69, 9.17) is 4.74 Å². The number of aliphatic hydroxyl groups is 1. The van der Waals surface area contributed by atoms with E-state index >= 15 is 0 Å². The quantitative estimate of drug-likeness (QED) is 0.758. The number of methoxy groups -OCH3 is 1. The molecule has 3 aromatic rings. The first-order chi connectivity index (χ1) is 9.17. The van der Waals surface area contributed by atoms with Gasteiger partial charge in [0.2, 0.25) is 0 Å². The number of benzene rings is 2. The van der Waals surface area contributed by atoms with E-state index in [-0.39, 0.29) is 6.61 Å².